The van der Waals surface area contributed by atoms with E-state index in [4.69, 9.17) is 0 Å². The van der Waals surface area contributed by atoms with E-state index in [1.165, 1.54) is 5.56 Å². The Morgan fingerprint density at radius 3 is 2.56 bits per heavy atom. The van der Waals surface area contributed by atoms with E-state index >= 15 is 0 Å². The van der Waals surface area contributed by atoms with Gasteiger partial charge in [-0.25, -0.2) is 0 Å². The summed E-state index contributed by atoms with van der Waals surface area (Å²) in [5.41, 5.74) is 2.23. The minimum atomic E-state index is 0.941. The van der Waals surface area contributed by atoms with E-state index in [0.717, 1.165) is 12.0 Å². The number of allylic oxidation sites excluding steroid dienone is 7. The van der Waals surface area contributed by atoms with Crippen LogP contribution in [0.5, 0.6) is 0 Å². The molecule has 0 spiro atoms. The predicted octanol–water partition coefficient (Wildman–Crippen LogP) is 4.78. The Hall–Kier alpha value is -1.82. The predicted molar refractivity (Wildman–Crippen MR) is 73.2 cm³/mol. The van der Waals surface area contributed by atoms with Crippen LogP contribution in [0.2, 0.25) is 0 Å². The molecule has 0 unspecified atom stereocenters. The molecule has 0 bridgehead atoms. The second kappa shape index (κ2) is 7.47. The zero-order valence-corrected chi connectivity index (χ0v) is 9.77. The molecular formula is C16H18. The van der Waals surface area contributed by atoms with Crippen molar-refractivity contribution in [1.82, 2.24) is 0 Å². The van der Waals surface area contributed by atoms with Gasteiger partial charge in [0.15, 0.2) is 0 Å². The van der Waals surface area contributed by atoms with Crippen LogP contribution in [0, 0.1) is 0 Å². The molecule has 1 rings (SSSR count). The largest absolute Gasteiger partial charge is 0.0912 e. The van der Waals surface area contributed by atoms with Gasteiger partial charge in [0, 0.05) is 0 Å². The van der Waals surface area contributed by atoms with Gasteiger partial charge in [-0.3, -0.25) is 0 Å². The maximum Gasteiger partial charge on any atom is -0.0163 e. The van der Waals surface area contributed by atoms with E-state index in [-0.39, 0.29) is 0 Å². The zero-order valence-electron chi connectivity index (χ0n) is 9.77. The molecule has 0 aromatic heterocycles. The number of hydrogen-bond acceptors (Lipinski definition) is 0. The molecule has 0 aliphatic rings. The highest BCUT2D eigenvalue weighted by atomic mass is 14.0. The highest BCUT2D eigenvalue weighted by Crippen LogP contribution is 2.12. The summed E-state index contributed by atoms with van der Waals surface area (Å²) in [6.45, 7) is 6.05. The monoisotopic (exact) mass is 210 g/mol. The summed E-state index contributed by atoms with van der Waals surface area (Å²) in [4.78, 5) is 0. The van der Waals surface area contributed by atoms with Crippen LogP contribution in [0.3, 0.4) is 0 Å². The van der Waals surface area contributed by atoms with Crippen LogP contribution in [0.1, 0.15) is 18.9 Å². The third-order valence-electron chi connectivity index (χ3n) is 2.18. The van der Waals surface area contributed by atoms with Crippen LogP contribution >= 0.6 is 0 Å². The summed E-state index contributed by atoms with van der Waals surface area (Å²) in [7, 11) is 0. The summed E-state index contributed by atoms with van der Waals surface area (Å²) in [5.74, 6) is 0. The number of hydrogen-bond donors (Lipinski definition) is 0. The van der Waals surface area contributed by atoms with Gasteiger partial charge in [0.2, 0.25) is 0 Å². The van der Waals surface area contributed by atoms with Crippen molar-refractivity contribution in [2.45, 2.75) is 13.3 Å². The molecule has 0 radical (unpaired) electrons. The van der Waals surface area contributed by atoms with Gasteiger partial charge in [0.25, 0.3) is 0 Å². The maximum atomic E-state index is 4.03. The Labute approximate surface area is 98.3 Å². The van der Waals surface area contributed by atoms with Crippen LogP contribution in [-0.4, -0.2) is 0 Å². The van der Waals surface area contributed by atoms with E-state index < -0.39 is 0 Å². The Morgan fingerprint density at radius 1 is 1.12 bits per heavy atom. The van der Waals surface area contributed by atoms with Crippen molar-refractivity contribution < 1.29 is 0 Å². The molecule has 0 heteroatoms. The topological polar surface area (TPSA) is 0 Å². The third kappa shape index (κ3) is 4.61. The summed E-state index contributed by atoms with van der Waals surface area (Å²) in [6, 6.07) is 10.2. The van der Waals surface area contributed by atoms with Gasteiger partial charge in [-0.1, -0.05) is 73.4 Å². The van der Waals surface area contributed by atoms with Crippen LogP contribution in [0.25, 0.3) is 5.57 Å². The molecule has 1 aromatic carbocycles. The van der Waals surface area contributed by atoms with Crippen molar-refractivity contribution in [3.05, 3.63) is 78.9 Å². The lowest BCUT2D eigenvalue weighted by Gasteiger charge is -1.98. The van der Waals surface area contributed by atoms with Crippen molar-refractivity contribution in [3.8, 4) is 0 Å². The standard InChI is InChI=1S/C16H18/c1-3-4-5-6-7-9-12-15(2)16-13-10-8-11-14-16/h3-6,8-14H,2,7H2,1H3/b4-3-,6-5-,12-9+. The lowest BCUT2D eigenvalue weighted by atomic mass is 10.1. The van der Waals surface area contributed by atoms with Gasteiger partial charge in [-0.2, -0.15) is 0 Å². The average Bonchev–Trinajstić information content (AvgIpc) is 2.34. The normalized spacial score (nSPS) is 11.8. The fourth-order valence-electron chi connectivity index (χ4n) is 1.31. The van der Waals surface area contributed by atoms with E-state index in [2.05, 4.69) is 43.0 Å². The van der Waals surface area contributed by atoms with Crippen LogP contribution in [0.15, 0.2) is 73.4 Å². The molecule has 0 N–H and O–H groups in total. The fourth-order valence-corrected chi connectivity index (χ4v) is 1.31. The first kappa shape index (κ1) is 12.3. The Kier molecular flexibility index (Phi) is 5.72. The second-order valence-electron chi connectivity index (χ2n) is 3.48. The van der Waals surface area contributed by atoms with E-state index in [1.54, 1.807) is 0 Å². The molecule has 82 valence electrons. The van der Waals surface area contributed by atoms with Crippen molar-refractivity contribution in [1.29, 1.82) is 0 Å². The Balaban J connectivity index is 2.43. The van der Waals surface area contributed by atoms with Gasteiger partial charge in [0.1, 0.15) is 0 Å². The first-order chi connectivity index (χ1) is 7.84. The van der Waals surface area contributed by atoms with E-state index in [1.807, 2.05) is 37.3 Å². The SMILES string of the molecule is C=C(/C=C/C/C=C\C=C/C)c1ccccc1. The maximum absolute atomic E-state index is 4.03. The first-order valence-corrected chi connectivity index (χ1v) is 5.53. The van der Waals surface area contributed by atoms with E-state index in [9.17, 15) is 0 Å². The molecule has 0 saturated heterocycles. The minimum Gasteiger partial charge on any atom is -0.0912 e. The highest BCUT2D eigenvalue weighted by Gasteiger charge is 1.90. The average molecular weight is 210 g/mol. The van der Waals surface area contributed by atoms with Gasteiger partial charge < -0.3 is 0 Å². The third-order valence-corrected chi connectivity index (χ3v) is 2.18. The molecule has 16 heavy (non-hydrogen) atoms. The van der Waals surface area contributed by atoms with Crippen LogP contribution in [0.4, 0.5) is 0 Å². The van der Waals surface area contributed by atoms with Crippen molar-refractivity contribution >= 4 is 5.57 Å². The number of benzene rings is 1. The van der Waals surface area contributed by atoms with Gasteiger partial charge in [-0.05, 0) is 24.5 Å². The first-order valence-electron chi connectivity index (χ1n) is 5.53. The van der Waals surface area contributed by atoms with Crippen molar-refractivity contribution in [2.75, 3.05) is 0 Å². The number of rotatable bonds is 5. The quantitative estimate of drug-likeness (QED) is 0.614. The van der Waals surface area contributed by atoms with Gasteiger partial charge in [-0.15, -0.1) is 0 Å². The summed E-state index contributed by atoms with van der Waals surface area (Å²) >= 11 is 0. The minimum absolute atomic E-state index is 0.941. The summed E-state index contributed by atoms with van der Waals surface area (Å²) < 4.78 is 0. The molecule has 0 aliphatic heterocycles. The molecule has 0 amide bonds. The fraction of sp³-hybridized carbons (Fsp3) is 0.125. The summed E-state index contributed by atoms with van der Waals surface area (Å²) in [6.07, 6.45) is 13.3. The molecule has 0 nitrogen and oxygen atoms in total. The molecule has 0 heterocycles. The lowest BCUT2D eigenvalue weighted by Crippen LogP contribution is -1.76. The van der Waals surface area contributed by atoms with Crippen LogP contribution < -0.4 is 0 Å². The molecule has 0 fully saturated rings. The van der Waals surface area contributed by atoms with Crippen LogP contribution in [-0.2, 0) is 0 Å². The van der Waals surface area contributed by atoms with Gasteiger partial charge >= 0.3 is 0 Å². The highest BCUT2D eigenvalue weighted by molar-refractivity contribution is 5.71. The summed E-state index contributed by atoms with van der Waals surface area (Å²) in [5, 5.41) is 0. The van der Waals surface area contributed by atoms with Crippen molar-refractivity contribution in [2.24, 2.45) is 0 Å². The molecular weight excluding hydrogens is 192 g/mol. The second-order valence-corrected chi connectivity index (χ2v) is 3.48. The molecule has 1 aromatic rings. The molecule has 0 saturated carbocycles. The van der Waals surface area contributed by atoms with E-state index in [0.29, 0.717) is 0 Å². The van der Waals surface area contributed by atoms with Gasteiger partial charge in [0.05, 0.1) is 0 Å². The molecule has 0 aliphatic carbocycles. The smallest absolute Gasteiger partial charge is 0.0163 e. The molecule has 0 atom stereocenters. The Bertz CT molecular complexity index is 391. The lowest BCUT2D eigenvalue weighted by molar-refractivity contribution is 1.39. The zero-order chi connectivity index (χ0) is 11.6. The Morgan fingerprint density at radius 2 is 1.88 bits per heavy atom. The van der Waals surface area contributed by atoms with Crippen molar-refractivity contribution in [3.63, 3.8) is 0 Å².